The van der Waals surface area contributed by atoms with Gasteiger partial charge in [0.15, 0.2) is 0 Å². The maximum Gasteiger partial charge on any atom is 0.309 e. The molecule has 2 aromatic rings. The van der Waals surface area contributed by atoms with Crippen LogP contribution in [0.15, 0.2) is 24.3 Å². The Balaban J connectivity index is 2.37. The summed E-state index contributed by atoms with van der Waals surface area (Å²) in [5.41, 5.74) is 0.969. The lowest BCUT2D eigenvalue weighted by Gasteiger charge is -2.11. The summed E-state index contributed by atoms with van der Waals surface area (Å²) in [5, 5.41) is 9.55. The molecule has 0 aliphatic carbocycles. The molecule has 0 amide bonds. The molecule has 0 atom stereocenters. The molecule has 0 aliphatic heterocycles. The fourth-order valence-corrected chi connectivity index (χ4v) is 2.55. The summed E-state index contributed by atoms with van der Waals surface area (Å²) in [6.07, 6.45) is 1.76. The van der Waals surface area contributed by atoms with E-state index >= 15 is 0 Å². The quantitative estimate of drug-likeness (QED) is 0.845. The molecule has 1 aromatic heterocycles. The van der Waals surface area contributed by atoms with E-state index in [4.69, 9.17) is 16.7 Å². The average molecular weight is 325 g/mol. The first-order valence-electron chi connectivity index (χ1n) is 7.22. The average Bonchev–Trinajstić information content (AvgIpc) is 2.74. The molecule has 0 aliphatic rings. The zero-order valence-electron chi connectivity index (χ0n) is 12.4. The highest BCUT2D eigenvalue weighted by atomic mass is 35.5. The maximum absolute atomic E-state index is 14.0. The van der Waals surface area contributed by atoms with E-state index in [1.54, 1.807) is 10.6 Å². The predicted octanol–water partition coefficient (Wildman–Crippen LogP) is 3.69. The van der Waals surface area contributed by atoms with Crippen molar-refractivity contribution in [3.63, 3.8) is 0 Å². The first-order valence-corrected chi connectivity index (χ1v) is 7.59. The Labute approximate surface area is 133 Å². The van der Waals surface area contributed by atoms with Gasteiger partial charge in [-0.3, -0.25) is 4.79 Å². The molecule has 0 spiro atoms. The molecule has 22 heavy (non-hydrogen) atoms. The Kier molecular flexibility index (Phi) is 5.55. The van der Waals surface area contributed by atoms with Crippen LogP contribution in [0.3, 0.4) is 0 Å². The normalized spacial score (nSPS) is 10.9. The summed E-state index contributed by atoms with van der Waals surface area (Å²) in [6.45, 7) is 2.58. The van der Waals surface area contributed by atoms with Crippen LogP contribution in [0.25, 0.3) is 0 Å². The summed E-state index contributed by atoms with van der Waals surface area (Å²) in [4.78, 5) is 14.9. The minimum atomic E-state index is -1.07. The van der Waals surface area contributed by atoms with Crippen LogP contribution in [-0.4, -0.2) is 20.6 Å². The zero-order valence-corrected chi connectivity index (χ0v) is 13.1. The maximum atomic E-state index is 14.0. The monoisotopic (exact) mass is 324 g/mol. The van der Waals surface area contributed by atoms with Crippen LogP contribution in [0.2, 0.25) is 5.02 Å². The van der Waals surface area contributed by atoms with Crippen LogP contribution < -0.4 is 0 Å². The number of aromatic nitrogens is 2. The lowest BCUT2D eigenvalue weighted by molar-refractivity contribution is -0.136. The zero-order chi connectivity index (χ0) is 16.1. The number of carbonyl (C=O) groups is 1. The Hall–Kier alpha value is -1.88. The molecule has 0 unspecified atom stereocenters. The van der Waals surface area contributed by atoms with Gasteiger partial charge >= 0.3 is 5.97 Å². The van der Waals surface area contributed by atoms with Crippen molar-refractivity contribution in [2.75, 3.05) is 0 Å². The molecule has 0 bridgehead atoms. The van der Waals surface area contributed by atoms with Gasteiger partial charge in [0.2, 0.25) is 5.95 Å². The molecular weight excluding hydrogens is 307 g/mol. The van der Waals surface area contributed by atoms with E-state index in [1.807, 2.05) is 25.1 Å². The van der Waals surface area contributed by atoms with E-state index in [0.717, 1.165) is 18.4 Å². The smallest absolute Gasteiger partial charge is 0.309 e. The minimum Gasteiger partial charge on any atom is -0.481 e. The van der Waals surface area contributed by atoms with Crippen molar-refractivity contribution in [1.29, 1.82) is 0 Å². The number of aliphatic carboxylic acids is 1. The number of carboxylic acids is 1. The van der Waals surface area contributed by atoms with Gasteiger partial charge in [-0.25, -0.2) is 4.98 Å². The topological polar surface area (TPSA) is 55.1 Å². The Bertz CT molecular complexity index is 670. The van der Waals surface area contributed by atoms with Gasteiger partial charge < -0.3 is 9.67 Å². The van der Waals surface area contributed by atoms with E-state index in [0.29, 0.717) is 23.8 Å². The molecule has 118 valence electrons. The first-order chi connectivity index (χ1) is 10.5. The lowest BCUT2D eigenvalue weighted by atomic mass is 10.1. The summed E-state index contributed by atoms with van der Waals surface area (Å²) >= 11 is 6.14. The summed E-state index contributed by atoms with van der Waals surface area (Å²) in [6, 6.07) is 7.31. The van der Waals surface area contributed by atoms with Crippen LogP contribution in [0.4, 0.5) is 4.39 Å². The van der Waals surface area contributed by atoms with Gasteiger partial charge in [-0.2, -0.15) is 4.39 Å². The number of benzene rings is 1. The first kappa shape index (κ1) is 16.5. The SMILES string of the molecule is CCCCn1c(Cc2ccccc2Cl)nc(F)c1CC(=O)O. The number of hydrogen-bond donors (Lipinski definition) is 1. The van der Waals surface area contributed by atoms with Crippen LogP contribution in [0, 0.1) is 5.95 Å². The van der Waals surface area contributed by atoms with Gasteiger partial charge in [-0.1, -0.05) is 43.1 Å². The fraction of sp³-hybridized carbons (Fsp3) is 0.375. The van der Waals surface area contributed by atoms with E-state index in [2.05, 4.69) is 4.98 Å². The fourth-order valence-electron chi connectivity index (χ4n) is 2.34. The lowest BCUT2D eigenvalue weighted by Crippen LogP contribution is -2.12. The minimum absolute atomic E-state index is 0.128. The van der Waals surface area contributed by atoms with Crippen LogP contribution in [0.1, 0.15) is 36.8 Å². The third kappa shape index (κ3) is 3.85. The van der Waals surface area contributed by atoms with E-state index < -0.39 is 11.9 Å². The second kappa shape index (κ2) is 7.40. The predicted molar refractivity (Wildman–Crippen MR) is 82.7 cm³/mol. The third-order valence-electron chi connectivity index (χ3n) is 3.46. The summed E-state index contributed by atoms with van der Waals surface area (Å²) < 4.78 is 15.7. The van der Waals surface area contributed by atoms with Crippen molar-refractivity contribution in [3.8, 4) is 0 Å². The van der Waals surface area contributed by atoms with Crippen molar-refractivity contribution in [2.45, 2.75) is 39.2 Å². The van der Waals surface area contributed by atoms with E-state index in [1.165, 1.54) is 0 Å². The van der Waals surface area contributed by atoms with Crippen molar-refractivity contribution >= 4 is 17.6 Å². The second-order valence-electron chi connectivity index (χ2n) is 5.11. The molecule has 0 radical (unpaired) electrons. The molecule has 1 N–H and O–H groups in total. The van der Waals surface area contributed by atoms with Crippen molar-refractivity contribution in [1.82, 2.24) is 9.55 Å². The number of imidazole rings is 1. The Morgan fingerprint density at radius 3 is 2.77 bits per heavy atom. The molecule has 0 saturated heterocycles. The van der Waals surface area contributed by atoms with Gasteiger partial charge in [-0.05, 0) is 18.1 Å². The number of halogens is 2. The molecule has 0 saturated carbocycles. The highest BCUT2D eigenvalue weighted by Gasteiger charge is 2.19. The summed E-state index contributed by atoms with van der Waals surface area (Å²) in [7, 11) is 0. The Morgan fingerprint density at radius 2 is 2.14 bits per heavy atom. The number of carboxylic acid groups (broad SMARTS) is 1. The summed E-state index contributed by atoms with van der Waals surface area (Å²) in [5.74, 6) is -1.27. The van der Waals surface area contributed by atoms with Gasteiger partial charge in [-0.15, -0.1) is 0 Å². The number of nitrogens with zero attached hydrogens (tertiary/aromatic N) is 2. The molecule has 1 aromatic carbocycles. The second-order valence-corrected chi connectivity index (χ2v) is 5.52. The van der Waals surface area contributed by atoms with Gasteiger partial charge in [0, 0.05) is 18.0 Å². The van der Waals surface area contributed by atoms with Crippen molar-refractivity contribution < 1.29 is 14.3 Å². The molecule has 4 nitrogen and oxygen atoms in total. The molecule has 0 fully saturated rings. The number of unbranched alkanes of at least 4 members (excludes halogenated alkanes) is 1. The van der Waals surface area contributed by atoms with Crippen molar-refractivity contribution in [2.24, 2.45) is 0 Å². The van der Waals surface area contributed by atoms with Crippen LogP contribution in [-0.2, 0) is 24.2 Å². The van der Waals surface area contributed by atoms with Crippen LogP contribution in [0.5, 0.6) is 0 Å². The molecule has 2 rings (SSSR count). The van der Waals surface area contributed by atoms with E-state index in [9.17, 15) is 9.18 Å². The van der Waals surface area contributed by atoms with Crippen LogP contribution >= 0.6 is 11.6 Å². The van der Waals surface area contributed by atoms with Gasteiger partial charge in [0.05, 0.1) is 12.1 Å². The number of rotatable bonds is 7. The van der Waals surface area contributed by atoms with Gasteiger partial charge in [0.1, 0.15) is 5.82 Å². The van der Waals surface area contributed by atoms with Gasteiger partial charge in [0.25, 0.3) is 0 Å². The Morgan fingerprint density at radius 1 is 1.41 bits per heavy atom. The highest BCUT2D eigenvalue weighted by molar-refractivity contribution is 6.31. The number of hydrogen-bond acceptors (Lipinski definition) is 2. The van der Waals surface area contributed by atoms with E-state index in [-0.39, 0.29) is 12.1 Å². The van der Waals surface area contributed by atoms with Crippen molar-refractivity contribution in [3.05, 3.63) is 52.3 Å². The highest BCUT2D eigenvalue weighted by Crippen LogP contribution is 2.21. The standard InChI is InChI=1S/C16H18ClFN2O2/c1-2-3-8-20-13(10-15(21)22)16(18)19-14(20)9-11-6-4-5-7-12(11)17/h4-7H,2-3,8-10H2,1H3,(H,21,22). The molecular formula is C16H18ClFN2O2. The third-order valence-corrected chi connectivity index (χ3v) is 3.83. The molecule has 6 heteroatoms. The largest absolute Gasteiger partial charge is 0.481 e. The molecule has 1 heterocycles.